The standard InChI is InChI=1S/C14H26N2/c1-11-3-4-13(9-11)12(2)10-16-7-5-14(15)6-8-16/h3,12-14H,4-10,15H2,1-2H3. The van der Waals surface area contributed by atoms with Crippen molar-refractivity contribution in [3.8, 4) is 0 Å². The minimum Gasteiger partial charge on any atom is -0.328 e. The molecule has 0 spiro atoms. The van der Waals surface area contributed by atoms with Crippen LogP contribution in [0, 0.1) is 11.8 Å². The average Bonchev–Trinajstić information content (AvgIpc) is 2.68. The number of nitrogens with zero attached hydrogens (tertiary/aromatic N) is 1. The summed E-state index contributed by atoms with van der Waals surface area (Å²) >= 11 is 0. The Labute approximate surface area is 99.9 Å². The van der Waals surface area contributed by atoms with Gasteiger partial charge in [-0.2, -0.15) is 0 Å². The van der Waals surface area contributed by atoms with Crippen LogP contribution in [0.3, 0.4) is 0 Å². The van der Waals surface area contributed by atoms with Gasteiger partial charge in [0.1, 0.15) is 0 Å². The summed E-state index contributed by atoms with van der Waals surface area (Å²) in [6.07, 6.45) is 7.44. The van der Waals surface area contributed by atoms with Crippen molar-refractivity contribution in [2.45, 2.75) is 45.6 Å². The Kier molecular flexibility index (Phi) is 4.04. The second-order valence-corrected chi connectivity index (χ2v) is 5.87. The zero-order chi connectivity index (χ0) is 11.5. The lowest BCUT2D eigenvalue weighted by Crippen LogP contribution is -2.42. The maximum absolute atomic E-state index is 5.93. The van der Waals surface area contributed by atoms with E-state index >= 15 is 0 Å². The highest BCUT2D eigenvalue weighted by Crippen LogP contribution is 2.31. The molecule has 16 heavy (non-hydrogen) atoms. The van der Waals surface area contributed by atoms with E-state index in [4.69, 9.17) is 5.73 Å². The van der Waals surface area contributed by atoms with Gasteiger partial charge in [0.25, 0.3) is 0 Å². The first-order valence-corrected chi connectivity index (χ1v) is 6.78. The van der Waals surface area contributed by atoms with E-state index in [1.807, 2.05) is 0 Å². The number of rotatable bonds is 3. The van der Waals surface area contributed by atoms with Crippen molar-refractivity contribution in [1.82, 2.24) is 4.90 Å². The number of nitrogens with two attached hydrogens (primary N) is 1. The topological polar surface area (TPSA) is 29.3 Å². The Balaban J connectivity index is 1.73. The van der Waals surface area contributed by atoms with E-state index < -0.39 is 0 Å². The van der Waals surface area contributed by atoms with Gasteiger partial charge >= 0.3 is 0 Å². The van der Waals surface area contributed by atoms with Crippen LogP contribution in [-0.2, 0) is 0 Å². The van der Waals surface area contributed by atoms with Crippen LogP contribution >= 0.6 is 0 Å². The van der Waals surface area contributed by atoms with E-state index in [1.54, 1.807) is 5.57 Å². The first-order chi connectivity index (χ1) is 7.65. The summed E-state index contributed by atoms with van der Waals surface area (Å²) in [7, 11) is 0. The fourth-order valence-electron chi connectivity index (χ4n) is 3.06. The molecule has 0 aromatic rings. The van der Waals surface area contributed by atoms with Crippen LogP contribution in [0.4, 0.5) is 0 Å². The SMILES string of the molecule is CC1=CCC(C(C)CN2CCC(N)CC2)C1. The fraction of sp³-hybridized carbons (Fsp3) is 0.857. The van der Waals surface area contributed by atoms with Crippen molar-refractivity contribution in [3.05, 3.63) is 11.6 Å². The molecule has 0 amide bonds. The largest absolute Gasteiger partial charge is 0.328 e. The maximum atomic E-state index is 5.93. The molecule has 2 rings (SSSR count). The van der Waals surface area contributed by atoms with Crippen LogP contribution in [0.1, 0.15) is 39.5 Å². The van der Waals surface area contributed by atoms with Crippen LogP contribution in [0.2, 0.25) is 0 Å². The van der Waals surface area contributed by atoms with Gasteiger partial charge in [0.05, 0.1) is 0 Å². The zero-order valence-corrected chi connectivity index (χ0v) is 10.8. The quantitative estimate of drug-likeness (QED) is 0.743. The molecule has 2 atom stereocenters. The summed E-state index contributed by atoms with van der Waals surface area (Å²) in [5.74, 6) is 1.73. The summed E-state index contributed by atoms with van der Waals surface area (Å²) < 4.78 is 0. The van der Waals surface area contributed by atoms with Gasteiger partial charge in [-0.15, -0.1) is 0 Å². The highest BCUT2D eigenvalue weighted by molar-refractivity contribution is 5.07. The smallest absolute Gasteiger partial charge is 0.00631 e. The molecule has 1 aliphatic carbocycles. The highest BCUT2D eigenvalue weighted by atomic mass is 15.1. The van der Waals surface area contributed by atoms with Gasteiger partial charge in [0.2, 0.25) is 0 Å². The second kappa shape index (κ2) is 5.33. The lowest BCUT2D eigenvalue weighted by atomic mass is 9.90. The van der Waals surface area contributed by atoms with Crippen molar-refractivity contribution in [2.75, 3.05) is 19.6 Å². The van der Waals surface area contributed by atoms with E-state index in [0.29, 0.717) is 6.04 Å². The maximum Gasteiger partial charge on any atom is 0.00631 e. The predicted octanol–water partition coefficient (Wildman–Crippen LogP) is 2.40. The van der Waals surface area contributed by atoms with Crippen LogP contribution in [0.15, 0.2) is 11.6 Å². The molecule has 92 valence electrons. The molecule has 1 fully saturated rings. The fourth-order valence-corrected chi connectivity index (χ4v) is 3.06. The van der Waals surface area contributed by atoms with Gasteiger partial charge < -0.3 is 10.6 Å². The van der Waals surface area contributed by atoms with Gasteiger partial charge in [0, 0.05) is 12.6 Å². The molecule has 0 bridgehead atoms. The van der Waals surface area contributed by atoms with E-state index in [-0.39, 0.29) is 0 Å². The third-order valence-electron chi connectivity index (χ3n) is 4.34. The van der Waals surface area contributed by atoms with E-state index in [1.165, 1.54) is 45.3 Å². The number of likely N-dealkylation sites (tertiary alicyclic amines) is 1. The molecule has 2 nitrogen and oxygen atoms in total. The second-order valence-electron chi connectivity index (χ2n) is 5.87. The van der Waals surface area contributed by atoms with Crippen molar-refractivity contribution in [2.24, 2.45) is 17.6 Å². The zero-order valence-electron chi connectivity index (χ0n) is 10.8. The van der Waals surface area contributed by atoms with Crippen molar-refractivity contribution in [1.29, 1.82) is 0 Å². The minimum atomic E-state index is 0.460. The lowest BCUT2D eigenvalue weighted by molar-refractivity contribution is 0.165. The monoisotopic (exact) mass is 222 g/mol. The first kappa shape index (κ1) is 12.1. The normalized spacial score (nSPS) is 30.4. The van der Waals surface area contributed by atoms with E-state index in [9.17, 15) is 0 Å². The lowest BCUT2D eigenvalue weighted by Gasteiger charge is -2.33. The Hall–Kier alpha value is -0.340. The first-order valence-electron chi connectivity index (χ1n) is 6.78. The number of hydrogen-bond donors (Lipinski definition) is 1. The summed E-state index contributed by atoms with van der Waals surface area (Å²) in [4.78, 5) is 2.61. The van der Waals surface area contributed by atoms with Gasteiger partial charge in [-0.3, -0.25) is 0 Å². The van der Waals surface area contributed by atoms with Crippen LogP contribution in [0.25, 0.3) is 0 Å². The molecule has 1 saturated heterocycles. The molecule has 1 aliphatic heterocycles. The molecule has 0 aromatic heterocycles. The molecule has 2 unspecified atom stereocenters. The molecule has 0 radical (unpaired) electrons. The van der Waals surface area contributed by atoms with E-state index in [2.05, 4.69) is 24.8 Å². The molecular formula is C14H26N2. The molecule has 1 heterocycles. The Bertz CT molecular complexity index is 251. The molecule has 2 N–H and O–H groups in total. The Morgan fingerprint density at radius 2 is 2.12 bits per heavy atom. The average molecular weight is 222 g/mol. The number of piperidine rings is 1. The minimum absolute atomic E-state index is 0.460. The molecule has 0 saturated carbocycles. The molecule has 2 heteroatoms. The van der Waals surface area contributed by atoms with Gasteiger partial charge in [-0.05, 0) is 57.5 Å². The molecular weight excluding hydrogens is 196 g/mol. The van der Waals surface area contributed by atoms with Crippen molar-refractivity contribution >= 4 is 0 Å². The highest BCUT2D eigenvalue weighted by Gasteiger charge is 2.24. The summed E-state index contributed by atoms with van der Waals surface area (Å²) in [5.41, 5.74) is 7.53. The summed E-state index contributed by atoms with van der Waals surface area (Å²) in [5, 5.41) is 0. The number of allylic oxidation sites excluding steroid dienone is 2. The van der Waals surface area contributed by atoms with E-state index in [0.717, 1.165) is 11.8 Å². The molecule has 2 aliphatic rings. The Morgan fingerprint density at radius 1 is 1.44 bits per heavy atom. The Morgan fingerprint density at radius 3 is 2.69 bits per heavy atom. The molecule has 0 aromatic carbocycles. The van der Waals surface area contributed by atoms with Crippen molar-refractivity contribution < 1.29 is 0 Å². The van der Waals surface area contributed by atoms with Gasteiger partial charge in [-0.25, -0.2) is 0 Å². The number of hydrogen-bond acceptors (Lipinski definition) is 2. The van der Waals surface area contributed by atoms with Gasteiger partial charge in [-0.1, -0.05) is 18.6 Å². The van der Waals surface area contributed by atoms with Crippen LogP contribution < -0.4 is 5.73 Å². The van der Waals surface area contributed by atoms with Gasteiger partial charge in [0.15, 0.2) is 0 Å². The third kappa shape index (κ3) is 3.08. The van der Waals surface area contributed by atoms with Crippen LogP contribution in [-0.4, -0.2) is 30.6 Å². The third-order valence-corrected chi connectivity index (χ3v) is 4.34. The summed E-state index contributed by atoms with van der Waals surface area (Å²) in [6.45, 7) is 8.39. The predicted molar refractivity (Wildman–Crippen MR) is 69.3 cm³/mol. The van der Waals surface area contributed by atoms with Crippen LogP contribution in [0.5, 0.6) is 0 Å². The summed E-state index contributed by atoms with van der Waals surface area (Å²) in [6, 6.07) is 0.460. The van der Waals surface area contributed by atoms with Crippen molar-refractivity contribution in [3.63, 3.8) is 0 Å².